The van der Waals surface area contributed by atoms with Gasteiger partial charge in [0.1, 0.15) is 6.29 Å². The largest absolute Gasteiger partial charge is 0.298 e. The van der Waals surface area contributed by atoms with Crippen molar-refractivity contribution in [3.63, 3.8) is 0 Å². The molecule has 0 fully saturated rings. The number of nitrogens with zero attached hydrogens (tertiary/aromatic N) is 2. The van der Waals surface area contributed by atoms with Crippen LogP contribution in [-0.2, 0) is 0 Å². The molecule has 0 saturated carbocycles. The summed E-state index contributed by atoms with van der Waals surface area (Å²) in [5.41, 5.74) is 2.73. The van der Waals surface area contributed by atoms with Crippen LogP contribution in [0.15, 0.2) is 40.6 Å². The third kappa shape index (κ3) is 2.91. The molecule has 0 atom stereocenters. The topological polar surface area (TPSA) is 42.9 Å². The van der Waals surface area contributed by atoms with Gasteiger partial charge in [-0.05, 0) is 48.9 Å². The molecule has 1 aromatic heterocycles. The van der Waals surface area contributed by atoms with E-state index in [-0.39, 0.29) is 0 Å². The van der Waals surface area contributed by atoms with Crippen LogP contribution in [0.25, 0.3) is 0 Å². The monoisotopic (exact) mass is 244 g/mol. The number of aromatic nitrogens is 2. The lowest BCUT2D eigenvalue weighted by molar-refractivity contribution is 0.112. The minimum Gasteiger partial charge on any atom is -0.298 e. The maximum absolute atomic E-state index is 10.7. The van der Waals surface area contributed by atoms with Gasteiger partial charge < -0.3 is 0 Å². The number of hydrogen-bond donors (Lipinski definition) is 0. The van der Waals surface area contributed by atoms with Crippen molar-refractivity contribution in [3.05, 3.63) is 47.3 Å². The molecule has 4 heteroatoms. The third-order valence-electron chi connectivity index (χ3n) is 2.33. The molecule has 3 nitrogen and oxygen atoms in total. The van der Waals surface area contributed by atoms with E-state index in [4.69, 9.17) is 0 Å². The maximum atomic E-state index is 10.7. The van der Waals surface area contributed by atoms with E-state index in [1.807, 2.05) is 32.0 Å². The van der Waals surface area contributed by atoms with E-state index in [1.165, 1.54) is 11.8 Å². The van der Waals surface area contributed by atoms with Crippen LogP contribution >= 0.6 is 11.8 Å². The van der Waals surface area contributed by atoms with Crippen LogP contribution in [0.5, 0.6) is 0 Å². The fourth-order valence-corrected chi connectivity index (χ4v) is 2.18. The second kappa shape index (κ2) is 5.10. The summed E-state index contributed by atoms with van der Waals surface area (Å²) in [6.45, 7) is 3.88. The van der Waals surface area contributed by atoms with Crippen molar-refractivity contribution in [2.45, 2.75) is 23.9 Å². The molecule has 2 rings (SSSR count). The average molecular weight is 244 g/mol. The molecule has 2 aromatic rings. The molecule has 0 N–H and O–H groups in total. The molecule has 0 unspecified atom stereocenters. The second-order valence-electron chi connectivity index (χ2n) is 3.78. The first-order valence-corrected chi connectivity index (χ1v) is 6.03. The summed E-state index contributed by atoms with van der Waals surface area (Å²) in [4.78, 5) is 20.2. The predicted octanol–water partition coefficient (Wildman–Crippen LogP) is 3.06. The van der Waals surface area contributed by atoms with Crippen molar-refractivity contribution < 1.29 is 4.79 Å². The number of carbonyl (C=O) groups excluding carboxylic acids is 1. The molecule has 0 aliphatic rings. The molecule has 1 heterocycles. The third-order valence-corrected chi connectivity index (χ3v) is 3.22. The molecule has 0 amide bonds. The van der Waals surface area contributed by atoms with Crippen LogP contribution in [0.1, 0.15) is 21.5 Å². The normalized spacial score (nSPS) is 10.2. The van der Waals surface area contributed by atoms with Crippen LogP contribution in [0.3, 0.4) is 0 Å². The Bertz CT molecular complexity index is 538. The predicted molar refractivity (Wildman–Crippen MR) is 67.5 cm³/mol. The Morgan fingerprint density at radius 3 is 2.47 bits per heavy atom. The summed E-state index contributed by atoms with van der Waals surface area (Å²) in [6.07, 6.45) is 4.45. The number of aldehydes is 1. The summed E-state index contributed by atoms with van der Waals surface area (Å²) in [5, 5.41) is 0.717. The molecule has 0 aliphatic heterocycles. The zero-order valence-corrected chi connectivity index (χ0v) is 10.5. The Morgan fingerprint density at radius 1 is 1.18 bits per heavy atom. The van der Waals surface area contributed by atoms with Crippen LogP contribution < -0.4 is 0 Å². The first-order valence-electron chi connectivity index (χ1n) is 5.21. The van der Waals surface area contributed by atoms with Gasteiger partial charge in [0, 0.05) is 22.9 Å². The standard InChI is InChI=1S/C13H12N2OS/c1-9-6-14-13(15-7-9)17-12-4-3-11(8-16)10(2)5-12/h3-8H,1-2H3. The summed E-state index contributed by atoms with van der Waals surface area (Å²) in [5.74, 6) is 0. The minimum atomic E-state index is 0.717. The first-order chi connectivity index (χ1) is 8.19. The van der Waals surface area contributed by atoms with E-state index >= 15 is 0 Å². The van der Waals surface area contributed by atoms with E-state index in [2.05, 4.69) is 9.97 Å². The van der Waals surface area contributed by atoms with Gasteiger partial charge in [0.15, 0.2) is 5.16 Å². The van der Waals surface area contributed by atoms with Crippen LogP contribution in [0, 0.1) is 13.8 Å². The van der Waals surface area contributed by atoms with Gasteiger partial charge in [-0.1, -0.05) is 6.07 Å². The van der Waals surface area contributed by atoms with Crippen molar-refractivity contribution in [1.29, 1.82) is 0 Å². The lowest BCUT2D eigenvalue weighted by Crippen LogP contribution is -1.89. The summed E-state index contributed by atoms with van der Waals surface area (Å²) in [6, 6.07) is 5.70. The Hall–Kier alpha value is -1.68. The van der Waals surface area contributed by atoms with Gasteiger partial charge in [-0.25, -0.2) is 9.97 Å². The highest BCUT2D eigenvalue weighted by Gasteiger charge is 2.03. The van der Waals surface area contributed by atoms with Gasteiger partial charge in [0.2, 0.25) is 0 Å². The zero-order valence-electron chi connectivity index (χ0n) is 9.68. The zero-order chi connectivity index (χ0) is 12.3. The fourth-order valence-electron chi connectivity index (χ4n) is 1.38. The van der Waals surface area contributed by atoms with Gasteiger partial charge in [-0.15, -0.1) is 0 Å². The van der Waals surface area contributed by atoms with E-state index < -0.39 is 0 Å². The van der Waals surface area contributed by atoms with E-state index in [0.29, 0.717) is 5.16 Å². The highest BCUT2D eigenvalue weighted by Crippen LogP contribution is 2.25. The lowest BCUT2D eigenvalue weighted by atomic mass is 10.1. The Labute approximate surface area is 104 Å². The molecule has 0 bridgehead atoms. The Kier molecular flexibility index (Phi) is 3.54. The minimum absolute atomic E-state index is 0.717. The number of carbonyl (C=O) groups is 1. The summed E-state index contributed by atoms with van der Waals surface area (Å²) in [7, 11) is 0. The van der Waals surface area contributed by atoms with Crippen molar-refractivity contribution in [2.24, 2.45) is 0 Å². The molecular weight excluding hydrogens is 232 g/mol. The van der Waals surface area contributed by atoms with Gasteiger partial charge in [-0.2, -0.15) is 0 Å². The molecule has 0 aliphatic carbocycles. The smallest absolute Gasteiger partial charge is 0.192 e. The molecule has 17 heavy (non-hydrogen) atoms. The second-order valence-corrected chi connectivity index (χ2v) is 4.82. The number of aryl methyl sites for hydroxylation is 2. The van der Waals surface area contributed by atoms with Crippen LogP contribution in [-0.4, -0.2) is 16.3 Å². The SMILES string of the molecule is Cc1cnc(Sc2ccc(C=O)c(C)c2)nc1. The maximum Gasteiger partial charge on any atom is 0.192 e. The molecular formula is C13H12N2OS. The summed E-state index contributed by atoms with van der Waals surface area (Å²) >= 11 is 1.49. The van der Waals surface area contributed by atoms with Crippen molar-refractivity contribution in [1.82, 2.24) is 9.97 Å². The highest BCUT2D eigenvalue weighted by atomic mass is 32.2. The van der Waals surface area contributed by atoms with Crippen LogP contribution in [0.4, 0.5) is 0 Å². The van der Waals surface area contributed by atoms with Crippen molar-refractivity contribution in [3.8, 4) is 0 Å². The van der Waals surface area contributed by atoms with E-state index in [9.17, 15) is 4.79 Å². The van der Waals surface area contributed by atoms with Crippen molar-refractivity contribution >= 4 is 18.0 Å². The first kappa shape index (κ1) is 11.8. The molecule has 0 radical (unpaired) electrons. The molecule has 0 saturated heterocycles. The Morgan fingerprint density at radius 2 is 1.88 bits per heavy atom. The van der Waals surface area contributed by atoms with Gasteiger partial charge in [-0.3, -0.25) is 4.79 Å². The average Bonchev–Trinajstić information content (AvgIpc) is 2.32. The Balaban J connectivity index is 2.21. The number of rotatable bonds is 3. The van der Waals surface area contributed by atoms with E-state index in [1.54, 1.807) is 12.4 Å². The lowest BCUT2D eigenvalue weighted by Gasteiger charge is -2.03. The van der Waals surface area contributed by atoms with E-state index in [0.717, 1.165) is 27.9 Å². The van der Waals surface area contributed by atoms with Gasteiger partial charge >= 0.3 is 0 Å². The highest BCUT2D eigenvalue weighted by molar-refractivity contribution is 7.99. The number of hydrogen-bond acceptors (Lipinski definition) is 4. The molecule has 0 spiro atoms. The number of benzene rings is 1. The summed E-state index contributed by atoms with van der Waals surface area (Å²) < 4.78 is 0. The van der Waals surface area contributed by atoms with Crippen LogP contribution in [0.2, 0.25) is 0 Å². The quantitative estimate of drug-likeness (QED) is 0.614. The fraction of sp³-hybridized carbons (Fsp3) is 0.154. The van der Waals surface area contributed by atoms with Gasteiger partial charge in [0.25, 0.3) is 0 Å². The van der Waals surface area contributed by atoms with Gasteiger partial charge in [0.05, 0.1) is 0 Å². The molecule has 1 aromatic carbocycles. The molecule has 86 valence electrons. The van der Waals surface area contributed by atoms with Crippen molar-refractivity contribution in [2.75, 3.05) is 0 Å².